The first-order valence-electron chi connectivity index (χ1n) is 9.71. The number of nitrogens with one attached hydrogen (secondary N) is 2. The van der Waals surface area contributed by atoms with Gasteiger partial charge in [0.25, 0.3) is 5.91 Å². The Labute approximate surface area is 182 Å². The molecule has 0 unspecified atom stereocenters. The van der Waals surface area contributed by atoms with Gasteiger partial charge in [-0.05, 0) is 51.0 Å². The number of halogens is 3. The molecule has 3 rings (SSSR count). The Kier molecular flexibility index (Phi) is 6.33. The molecule has 0 saturated carbocycles. The van der Waals surface area contributed by atoms with Crippen LogP contribution in [0.5, 0.6) is 0 Å². The van der Waals surface area contributed by atoms with Gasteiger partial charge in [0.2, 0.25) is 5.91 Å². The second-order valence-corrected chi connectivity index (χ2v) is 7.46. The minimum Gasteiger partial charge on any atom is -0.343 e. The first kappa shape index (κ1) is 23.0. The van der Waals surface area contributed by atoms with Crippen LogP contribution in [0.25, 0.3) is 5.82 Å². The molecule has 3 aromatic rings. The normalized spacial score (nSPS) is 11.3. The standard InChI is InChI=1S/C22H22F3N5O2/c1-12-7-13(2)20(14(3)8-12)29-19(31)11-27-21(32)17-10-28-30(15(17)4)18-6-5-16(9-26-18)22(23,24)25/h5-10H,11H2,1-4H3,(H,27,32)(H,29,31). The van der Waals surface area contributed by atoms with E-state index in [-0.39, 0.29) is 23.8 Å². The van der Waals surface area contributed by atoms with E-state index in [9.17, 15) is 22.8 Å². The smallest absolute Gasteiger partial charge is 0.343 e. The van der Waals surface area contributed by atoms with Crippen LogP contribution in [0.4, 0.5) is 18.9 Å². The highest BCUT2D eigenvalue weighted by molar-refractivity contribution is 6.00. The quantitative estimate of drug-likeness (QED) is 0.624. The van der Waals surface area contributed by atoms with Crippen LogP contribution in [0, 0.1) is 27.7 Å². The summed E-state index contributed by atoms with van der Waals surface area (Å²) >= 11 is 0. The molecular formula is C22H22F3N5O2. The Morgan fingerprint density at radius 1 is 1.03 bits per heavy atom. The number of pyridine rings is 1. The fraction of sp³-hybridized carbons (Fsp3) is 0.273. The van der Waals surface area contributed by atoms with Gasteiger partial charge in [-0.25, -0.2) is 9.67 Å². The Morgan fingerprint density at radius 3 is 2.25 bits per heavy atom. The lowest BCUT2D eigenvalue weighted by Gasteiger charge is -2.13. The number of benzene rings is 1. The molecule has 0 bridgehead atoms. The summed E-state index contributed by atoms with van der Waals surface area (Å²) in [5.74, 6) is -0.784. The topological polar surface area (TPSA) is 88.9 Å². The van der Waals surface area contributed by atoms with Crippen molar-refractivity contribution < 1.29 is 22.8 Å². The van der Waals surface area contributed by atoms with Crippen molar-refractivity contribution in [2.24, 2.45) is 0 Å². The zero-order valence-electron chi connectivity index (χ0n) is 18.0. The molecule has 0 saturated heterocycles. The number of hydrogen-bond donors (Lipinski definition) is 2. The van der Waals surface area contributed by atoms with Gasteiger partial charge < -0.3 is 10.6 Å². The molecule has 0 aliphatic carbocycles. The number of hydrogen-bond acceptors (Lipinski definition) is 4. The van der Waals surface area contributed by atoms with Gasteiger partial charge in [0.1, 0.15) is 0 Å². The van der Waals surface area contributed by atoms with E-state index in [0.29, 0.717) is 17.6 Å². The van der Waals surface area contributed by atoms with Crippen LogP contribution < -0.4 is 10.6 Å². The van der Waals surface area contributed by atoms with Crippen molar-refractivity contribution in [3.8, 4) is 5.82 Å². The maximum Gasteiger partial charge on any atom is 0.417 e. The Bertz CT molecular complexity index is 1140. The zero-order chi connectivity index (χ0) is 23.6. The number of aromatic nitrogens is 3. The maximum absolute atomic E-state index is 12.7. The van der Waals surface area contributed by atoms with E-state index < -0.39 is 17.6 Å². The van der Waals surface area contributed by atoms with Gasteiger partial charge in [-0.2, -0.15) is 18.3 Å². The minimum absolute atomic E-state index is 0.137. The Balaban J connectivity index is 1.67. The van der Waals surface area contributed by atoms with Gasteiger partial charge in [-0.3, -0.25) is 9.59 Å². The molecule has 7 nitrogen and oxygen atoms in total. The molecule has 168 valence electrons. The lowest BCUT2D eigenvalue weighted by Crippen LogP contribution is -2.33. The molecule has 2 aromatic heterocycles. The number of carbonyl (C=O) groups excluding carboxylic acids is 2. The molecule has 0 aliphatic rings. The molecule has 0 fully saturated rings. The maximum atomic E-state index is 12.7. The molecule has 1 aromatic carbocycles. The van der Waals surface area contributed by atoms with E-state index in [1.54, 1.807) is 6.92 Å². The van der Waals surface area contributed by atoms with Gasteiger partial charge in [-0.15, -0.1) is 0 Å². The summed E-state index contributed by atoms with van der Waals surface area (Å²) in [7, 11) is 0. The molecule has 2 N–H and O–H groups in total. The van der Waals surface area contributed by atoms with E-state index in [0.717, 1.165) is 22.8 Å². The fourth-order valence-electron chi connectivity index (χ4n) is 3.36. The molecule has 0 spiro atoms. The van der Waals surface area contributed by atoms with Crippen LogP contribution in [0.2, 0.25) is 0 Å². The highest BCUT2D eigenvalue weighted by Gasteiger charge is 2.30. The van der Waals surface area contributed by atoms with Crippen molar-refractivity contribution in [2.45, 2.75) is 33.9 Å². The van der Waals surface area contributed by atoms with Crippen LogP contribution in [0.15, 0.2) is 36.7 Å². The lowest BCUT2D eigenvalue weighted by molar-refractivity contribution is -0.137. The molecule has 0 radical (unpaired) electrons. The van der Waals surface area contributed by atoms with Crippen LogP contribution in [0.1, 0.15) is 38.3 Å². The number of anilines is 1. The van der Waals surface area contributed by atoms with Crippen LogP contribution in [-0.2, 0) is 11.0 Å². The highest BCUT2D eigenvalue weighted by atomic mass is 19.4. The van der Waals surface area contributed by atoms with Crippen LogP contribution in [-0.4, -0.2) is 33.1 Å². The summed E-state index contributed by atoms with van der Waals surface area (Å²) in [6.07, 6.45) is -2.52. The number of aryl methyl sites for hydroxylation is 3. The van der Waals surface area contributed by atoms with Crippen molar-refractivity contribution in [3.05, 3.63) is 70.2 Å². The lowest BCUT2D eigenvalue weighted by atomic mass is 10.1. The summed E-state index contributed by atoms with van der Waals surface area (Å²) in [5, 5.41) is 9.37. The highest BCUT2D eigenvalue weighted by Crippen LogP contribution is 2.29. The van der Waals surface area contributed by atoms with Crippen molar-refractivity contribution in [1.29, 1.82) is 0 Å². The van der Waals surface area contributed by atoms with Gasteiger partial charge in [-0.1, -0.05) is 17.7 Å². The zero-order valence-corrected chi connectivity index (χ0v) is 18.0. The molecule has 2 heterocycles. The summed E-state index contributed by atoms with van der Waals surface area (Å²) in [6, 6.07) is 5.97. The first-order chi connectivity index (χ1) is 15.0. The third-order valence-corrected chi connectivity index (χ3v) is 4.90. The molecule has 0 aliphatic heterocycles. The van der Waals surface area contributed by atoms with E-state index in [2.05, 4.69) is 20.7 Å². The van der Waals surface area contributed by atoms with Crippen molar-refractivity contribution in [1.82, 2.24) is 20.1 Å². The van der Waals surface area contributed by atoms with Crippen LogP contribution in [0.3, 0.4) is 0 Å². The fourth-order valence-corrected chi connectivity index (χ4v) is 3.36. The Hall–Kier alpha value is -3.69. The van der Waals surface area contributed by atoms with Crippen molar-refractivity contribution in [2.75, 3.05) is 11.9 Å². The molecule has 32 heavy (non-hydrogen) atoms. The second kappa shape index (κ2) is 8.81. The van der Waals surface area contributed by atoms with Gasteiger partial charge in [0.05, 0.1) is 29.6 Å². The first-order valence-corrected chi connectivity index (χ1v) is 9.71. The van der Waals surface area contributed by atoms with Gasteiger partial charge >= 0.3 is 6.18 Å². The van der Waals surface area contributed by atoms with Crippen molar-refractivity contribution >= 4 is 17.5 Å². The van der Waals surface area contributed by atoms with Gasteiger partial charge in [0, 0.05) is 11.9 Å². The molecule has 2 amide bonds. The predicted molar refractivity (Wildman–Crippen MR) is 113 cm³/mol. The third kappa shape index (κ3) is 4.96. The molecular weight excluding hydrogens is 423 g/mol. The molecule has 10 heteroatoms. The van der Waals surface area contributed by atoms with Crippen LogP contribution >= 0.6 is 0 Å². The van der Waals surface area contributed by atoms with Crippen molar-refractivity contribution in [3.63, 3.8) is 0 Å². The third-order valence-electron chi connectivity index (χ3n) is 4.90. The number of rotatable bonds is 5. The van der Waals surface area contributed by atoms with Gasteiger partial charge in [0.15, 0.2) is 5.82 Å². The summed E-state index contributed by atoms with van der Waals surface area (Å²) < 4.78 is 39.4. The summed E-state index contributed by atoms with van der Waals surface area (Å²) in [5.41, 5.74) is 3.30. The Morgan fingerprint density at radius 2 is 1.69 bits per heavy atom. The average molecular weight is 445 g/mol. The van der Waals surface area contributed by atoms with E-state index in [1.807, 2.05) is 32.9 Å². The SMILES string of the molecule is Cc1cc(C)c(NC(=O)CNC(=O)c2cnn(-c3ccc(C(F)(F)F)cn3)c2C)c(C)c1. The predicted octanol–water partition coefficient (Wildman–Crippen LogP) is 3.89. The summed E-state index contributed by atoms with van der Waals surface area (Å²) in [6.45, 7) is 7.08. The minimum atomic E-state index is -4.49. The number of carbonyl (C=O) groups is 2. The van der Waals surface area contributed by atoms with E-state index >= 15 is 0 Å². The second-order valence-electron chi connectivity index (χ2n) is 7.46. The van der Waals surface area contributed by atoms with E-state index in [1.165, 1.54) is 16.9 Å². The number of nitrogens with zero attached hydrogens (tertiary/aromatic N) is 3. The monoisotopic (exact) mass is 445 g/mol. The number of amides is 2. The largest absolute Gasteiger partial charge is 0.417 e. The summed E-state index contributed by atoms with van der Waals surface area (Å²) in [4.78, 5) is 28.6. The number of alkyl halides is 3. The molecule has 0 atom stereocenters. The average Bonchev–Trinajstić information content (AvgIpc) is 3.09. The van der Waals surface area contributed by atoms with E-state index in [4.69, 9.17) is 0 Å².